The number of halogens is 1. The maximum absolute atomic E-state index is 6.11. The molecule has 0 unspecified atom stereocenters. The van der Waals surface area contributed by atoms with E-state index in [1.165, 1.54) is 0 Å². The summed E-state index contributed by atoms with van der Waals surface area (Å²) in [5.74, 6) is 1.03. The van der Waals surface area contributed by atoms with Gasteiger partial charge in [0.05, 0.1) is 0 Å². The zero-order chi connectivity index (χ0) is 13.9. The third kappa shape index (κ3) is 2.76. The van der Waals surface area contributed by atoms with Crippen molar-refractivity contribution in [2.24, 2.45) is 0 Å². The summed E-state index contributed by atoms with van der Waals surface area (Å²) in [6.45, 7) is 4.21. The molecule has 4 nitrogen and oxygen atoms in total. The molecule has 1 fully saturated rings. The molecular weight excluding hydrogens is 272 g/mol. The Bertz CT molecular complexity index is 577. The van der Waals surface area contributed by atoms with Crippen LogP contribution >= 0.6 is 11.6 Å². The quantitative estimate of drug-likeness (QED) is 0.795. The highest BCUT2D eigenvalue weighted by Crippen LogP contribution is 2.26. The zero-order valence-electron chi connectivity index (χ0n) is 11.5. The number of likely N-dealkylation sites (N-methyl/N-ethyl adjacent to an activating group) is 1. The minimum absolute atomic E-state index is 0.515. The Hall–Kier alpha value is -1.65. The number of piperazine rings is 1. The molecule has 0 aromatic carbocycles. The number of rotatable bonds is 2. The topological polar surface area (TPSA) is 32.3 Å². The van der Waals surface area contributed by atoms with Gasteiger partial charge in [0.1, 0.15) is 11.0 Å². The molecular formula is C15H17ClN4. The van der Waals surface area contributed by atoms with Crippen molar-refractivity contribution in [3.8, 4) is 11.1 Å². The molecule has 0 aliphatic carbocycles. The van der Waals surface area contributed by atoms with Crippen molar-refractivity contribution in [2.45, 2.75) is 0 Å². The number of anilines is 1. The predicted octanol–water partition coefficient (Wildman–Crippen LogP) is 2.55. The van der Waals surface area contributed by atoms with Crippen molar-refractivity contribution in [3.05, 3.63) is 41.8 Å². The van der Waals surface area contributed by atoms with Gasteiger partial charge in [0.25, 0.3) is 0 Å². The van der Waals surface area contributed by atoms with Crippen LogP contribution in [0.25, 0.3) is 11.1 Å². The van der Waals surface area contributed by atoms with Gasteiger partial charge in [-0.2, -0.15) is 0 Å². The lowest BCUT2D eigenvalue weighted by molar-refractivity contribution is 0.312. The van der Waals surface area contributed by atoms with E-state index in [0.29, 0.717) is 5.15 Å². The molecule has 0 saturated carbocycles. The first-order valence-electron chi connectivity index (χ1n) is 6.74. The van der Waals surface area contributed by atoms with Gasteiger partial charge in [-0.1, -0.05) is 11.6 Å². The largest absolute Gasteiger partial charge is 0.354 e. The van der Waals surface area contributed by atoms with E-state index in [-0.39, 0.29) is 0 Å². The maximum atomic E-state index is 6.11. The number of aromatic nitrogens is 2. The van der Waals surface area contributed by atoms with Gasteiger partial charge in [-0.15, -0.1) is 0 Å². The van der Waals surface area contributed by atoms with E-state index in [1.54, 1.807) is 6.20 Å². The molecule has 1 aliphatic rings. The van der Waals surface area contributed by atoms with Crippen molar-refractivity contribution < 1.29 is 0 Å². The Morgan fingerprint density at radius 3 is 2.50 bits per heavy atom. The fourth-order valence-electron chi connectivity index (χ4n) is 2.37. The van der Waals surface area contributed by atoms with Gasteiger partial charge < -0.3 is 9.80 Å². The van der Waals surface area contributed by atoms with Gasteiger partial charge in [0.2, 0.25) is 0 Å². The Morgan fingerprint density at radius 2 is 1.85 bits per heavy atom. The molecule has 0 radical (unpaired) electrons. The van der Waals surface area contributed by atoms with Gasteiger partial charge >= 0.3 is 0 Å². The van der Waals surface area contributed by atoms with Crippen LogP contribution in [0.4, 0.5) is 5.82 Å². The molecule has 0 spiro atoms. The summed E-state index contributed by atoms with van der Waals surface area (Å²) in [4.78, 5) is 13.3. The van der Waals surface area contributed by atoms with Gasteiger partial charge in [-0.3, -0.25) is 0 Å². The minimum atomic E-state index is 0.515. The van der Waals surface area contributed by atoms with E-state index in [4.69, 9.17) is 11.6 Å². The van der Waals surface area contributed by atoms with Crippen LogP contribution in [0.15, 0.2) is 36.7 Å². The number of nitrogens with zero attached hydrogens (tertiary/aromatic N) is 4. The summed E-state index contributed by atoms with van der Waals surface area (Å²) in [7, 11) is 2.15. The maximum Gasteiger partial charge on any atom is 0.136 e. The lowest BCUT2D eigenvalue weighted by Crippen LogP contribution is -2.44. The molecule has 0 bridgehead atoms. The van der Waals surface area contributed by atoms with Crippen LogP contribution in [0.1, 0.15) is 0 Å². The van der Waals surface area contributed by atoms with Gasteiger partial charge in [-0.25, -0.2) is 9.97 Å². The molecule has 104 valence electrons. The molecule has 1 aliphatic heterocycles. The average molecular weight is 289 g/mol. The summed E-state index contributed by atoms with van der Waals surface area (Å²) in [5, 5.41) is 0.515. The second-order valence-electron chi connectivity index (χ2n) is 5.04. The van der Waals surface area contributed by atoms with E-state index < -0.39 is 0 Å². The van der Waals surface area contributed by atoms with Crippen molar-refractivity contribution >= 4 is 17.4 Å². The normalized spacial score (nSPS) is 16.4. The standard InChI is InChI=1S/C15H17ClN4/c1-19-7-9-20(10-8-19)14-5-4-12(11-18-14)13-3-2-6-17-15(13)16/h2-6,11H,7-10H2,1H3. The van der Waals surface area contributed by atoms with Gasteiger partial charge in [0, 0.05) is 49.7 Å². The molecule has 3 rings (SSSR count). The Kier molecular flexibility index (Phi) is 3.85. The second-order valence-corrected chi connectivity index (χ2v) is 5.40. The smallest absolute Gasteiger partial charge is 0.136 e. The van der Waals surface area contributed by atoms with E-state index in [2.05, 4.69) is 38.9 Å². The van der Waals surface area contributed by atoms with Crippen LogP contribution in [0, 0.1) is 0 Å². The van der Waals surface area contributed by atoms with Crippen LogP contribution in [0.3, 0.4) is 0 Å². The van der Waals surface area contributed by atoms with Crippen molar-refractivity contribution in [1.82, 2.24) is 14.9 Å². The highest BCUT2D eigenvalue weighted by Gasteiger charge is 2.15. The summed E-state index contributed by atoms with van der Waals surface area (Å²) in [5.41, 5.74) is 1.92. The summed E-state index contributed by atoms with van der Waals surface area (Å²) in [6.07, 6.45) is 3.56. The first-order valence-corrected chi connectivity index (χ1v) is 7.12. The second kappa shape index (κ2) is 5.77. The van der Waals surface area contributed by atoms with Crippen LogP contribution in [-0.4, -0.2) is 48.1 Å². The number of hydrogen-bond donors (Lipinski definition) is 0. The highest BCUT2D eigenvalue weighted by molar-refractivity contribution is 6.32. The lowest BCUT2D eigenvalue weighted by Gasteiger charge is -2.33. The minimum Gasteiger partial charge on any atom is -0.354 e. The van der Waals surface area contributed by atoms with Crippen LogP contribution < -0.4 is 4.90 Å². The van der Waals surface area contributed by atoms with Crippen molar-refractivity contribution in [1.29, 1.82) is 0 Å². The third-order valence-corrected chi connectivity index (χ3v) is 3.95. The monoisotopic (exact) mass is 288 g/mol. The predicted molar refractivity (Wildman–Crippen MR) is 82.2 cm³/mol. The fourth-order valence-corrected chi connectivity index (χ4v) is 2.60. The Morgan fingerprint density at radius 1 is 1.05 bits per heavy atom. The van der Waals surface area contributed by atoms with E-state index in [0.717, 1.165) is 43.1 Å². The first kappa shape index (κ1) is 13.3. The van der Waals surface area contributed by atoms with E-state index in [9.17, 15) is 0 Å². The molecule has 0 atom stereocenters. The Labute approximate surface area is 124 Å². The molecule has 1 saturated heterocycles. The molecule has 2 aromatic heterocycles. The number of hydrogen-bond acceptors (Lipinski definition) is 4. The molecule has 2 aromatic rings. The van der Waals surface area contributed by atoms with Gasteiger partial charge in [0.15, 0.2) is 0 Å². The lowest BCUT2D eigenvalue weighted by atomic mass is 10.1. The highest BCUT2D eigenvalue weighted by atomic mass is 35.5. The first-order chi connectivity index (χ1) is 9.74. The molecule has 3 heterocycles. The van der Waals surface area contributed by atoms with Crippen molar-refractivity contribution in [3.63, 3.8) is 0 Å². The fraction of sp³-hybridized carbons (Fsp3) is 0.333. The van der Waals surface area contributed by atoms with E-state index >= 15 is 0 Å². The van der Waals surface area contributed by atoms with Crippen LogP contribution in [-0.2, 0) is 0 Å². The van der Waals surface area contributed by atoms with Crippen LogP contribution in [0.5, 0.6) is 0 Å². The molecule has 0 N–H and O–H groups in total. The van der Waals surface area contributed by atoms with Crippen LogP contribution in [0.2, 0.25) is 5.15 Å². The SMILES string of the molecule is CN1CCN(c2ccc(-c3cccnc3Cl)cn2)CC1. The molecule has 0 amide bonds. The Balaban J connectivity index is 1.80. The zero-order valence-corrected chi connectivity index (χ0v) is 12.2. The summed E-state index contributed by atoms with van der Waals surface area (Å²) in [6, 6.07) is 7.96. The van der Waals surface area contributed by atoms with Gasteiger partial charge in [-0.05, 0) is 31.3 Å². The summed E-state index contributed by atoms with van der Waals surface area (Å²) < 4.78 is 0. The summed E-state index contributed by atoms with van der Waals surface area (Å²) >= 11 is 6.11. The third-order valence-electron chi connectivity index (χ3n) is 3.65. The van der Waals surface area contributed by atoms with Crippen molar-refractivity contribution in [2.75, 3.05) is 38.1 Å². The molecule has 20 heavy (non-hydrogen) atoms. The van der Waals surface area contributed by atoms with E-state index in [1.807, 2.05) is 18.3 Å². The number of pyridine rings is 2. The average Bonchev–Trinajstić information content (AvgIpc) is 2.49. The molecule has 5 heteroatoms.